The van der Waals surface area contributed by atoms with Crippen molar-refractivity contribution in [2.75, 3.05) is 0 Å². The van der Waals surface area contributed by atoms with Crippen molar-refractivity contribution < 1.29 is 4.92 Å². The average Bonchev–Trinajstić information content (AvgIpc) is 2.07. The van der Waals surface area contributed by atoms with Gasteiger partial charge in [-0.3, -0.25) is 15.1 Å². The molecule has 0 saturated carbocycles. The number of aryl methyl sites for hydroxylation is 1. The summed E-state index contributed by atoms with van der Waals surface area (Å²) in [7, 11) is 0. The van der Waals surface area contributed by atoms with Gasteiger partial charge in [-0.2, -0.15) is 0 Å². The van der Waals surface area contributed by atoms with Crippen LogP contribution in [0.1, 0.15) is 11.1 Å². The highest BCUT2D eigenvalue weighted by Crippen LogP contribution is 2.16. The molecule has 0 N–H and O–H groups in total. The van der Waals surface area contributed by atoms with Crippen LogP contribution in [0.3, 0.4) is 0 Å². The lowest BCUT2D eigenvalue weighted by atomic mass is 10.2. The quantitative estimate of drug-likeness (QED) is 0.477. The summed E-state index contributed by atoms with van der Waals surface area (Å²) in [5.74, 6) is 0. The van der Waals surface area contributed by atoms with E-state index in [4.69, 9.17) is 0 Å². The third kappa shape index (κ3) is 2.76. The van der Waals surface area contributed by atoms with Gasteiger partial charge in [-0.1, -0.05) is 0 Å². The number of aromatic nitrogens is 1. The molecule has 0 bridgehead atoms. The van der Waals surface area contributed by atoms with E-state index in [0.717, 1.165) is 20.9 Å². The molecule has 0 aliphatic rings. The van der Waals surface area contributed by atoms with E-state index < -0.39 is 4.92 Å². The molecule has 0 aliphatic heterocycles. The van der Waals surface area contributed by atoms with Crippen LogP contribution in [0.25, 0.3) is 6.08 Å². The highest BCUT2D eigenvalue weighted by molar-refractivity contribution is 14.1. The Kier molecular flexibility index (Phi) is 3.35. The van der Waals surface area contributed by atoms with E-state index in [0.29, 0.717) is 0 Å². The Morgan fingerprint density at radius 2 is 2.31 bits per heavy atom. The molecule has 1 heterocycles. The molecule has 1 aromatic rings. The van der Waals surface area contributed by atoms with Crippen molar-refractivity contribution in [3.05, 3.63) is 43.4 Å². The lowest BCUT2D eigenvalue weighted by Crippen LogP contribution is -1.89. The summed E-state index contributed by atoms with van der Waals surface area (Å²) in [5, 5.41) is 10.1. The molecule has 5 heteroatoms. The number of nitro groups is 1. The summed E-state index contributed by atoms with van der Waals surface area (Å²) in [4.78, 5) is 13.5. The number of hydrogen-bond donors (Lipinski definition) is 0. The molecular formula is C8H7IN2O2. The van der Waals surface area contributed by atoms with Crippen LogP contribution in [0, 0.1) is 20.6 Å². The van der Waals surface area contributed by atoms with Crippen LogP contribution >= 0.6 is 22.6 Å². The summed E-state index contributed by atoms with van der Waals surface area (Å²) in [6.07, 6.45) is 5.69. The molecular weight excluding hydrogens is 283 g/mol. The SMILES string of the molecule is Cc1cncc(/C=C/[N+](=O)[O-])c1I. The van der Waals surface area contributed by atoms with Gasteiger partial charge in [0.15, 0.2) is 0 Å². The molecule has 0 aromatic carbocycles. The second-order valence-corrected chi connectivity index (χ2v) is 3.54. The Hall–Kier alpha value is -0.980. The van der Waals surface area contributed by atoms with Gasteiger partial charge >= 0.3 is 0 Å². The summed E-state index contributed by atoms with van der Waals surface area (Å²) < 4.78 is 0.991. The summed E-state index contributed by atoms with van der Waals surface area (Å²) >= 11 is 2.14. The van der Waals surface area contributed by atoms with Crippen LogP contribution < -0.4 is 0 Å². The highest BCUT2D eigenvalue weighted by Gasteiger charge is 2.00. The standard InChI is InChI=1S/C8H7IN2O2/c1-6-4-10-5-7(8(6)9)2-3-11(12)13/h2-5H,1H3/b3-2+. The lowest BCUT2D eigenvalue weighted by molar-refractivity contribution is -0.400. The Morgan fingerprint density at radius 1 is 1.62 bits per heavy atom. The van der Waals surface area contributed by atoms with Crippen molar-refractivity contribution in [2.45, 2.75) is 6.92 Å². The third-order valence-corrected chi connectivity index (χ3v) is 2.93. The van der Waals surface area contributed by atoms with Gasteiger partial charge in [0, 0.05) is 27.6 Å². The Balaban J connectivity index is 3.02. The van der Waals surface area contributed by atoms with Gasteiger partial charge in [-0.25, -0.2) is 0 Å². The van der Waals surface area contributed by atoms with Crippen molar-refractivity contribution in [2.24, 2.45) is 0 Å². The Labute approximate surface area is 89.0 Å². The molecule has 0 unspecified atom stereocenters. The van der Waals surface area contributed by atoms with E-state index in [9.17, 15) is 10.1 Å². The van der Waals surface area contributed by atoms with Crippen molar-refractivity contribution in [1.29, 1.82) is 0 Å². The van der Waals surface area contributed by atoms with Gasteiger partial charge in [0.25, 0.3) is 0 Å². The van der Waals surface area contributed by atoms with Crippen LogP contribution in [-0.2, 0) is 0 Å². The van der Waals surface area contributed by atoms with Crippen molar-refractivity contribution >= 4 is 28.7 Å². The topological polar surface area (TPSA) is 56.0 Å². The number of rotatable bonds is 2. The fraction of sp³-hybridized carbons (Fsp3) is 0.125. The first-order valence-electron chi connectivity index (χ1n) is 3.53. The van der Waals surface area contributed by atoms with E-state index >= 15 is 0 Å². The molecule has 68 valence electrons. The second-order valence-electron chi connectivity index (χ2n) is 2.46. The van der Waals surface area contributed by atoms with E-state index in [2.05, 4.69) is 27.6 Å². The molecule has 0 saturated heterocycles. The normalized spacial score (nSPS) is 10.6. The molecule has 0 fully saturated rings. The fourth-order valence-corrected chi connectivity index (χ4v) is 1.29. The van der Waals surface area contributed by atoms with Crippen LogP contribution in [0.15, 0.2) is 18.6 Å². The zero-order chi connectivity index (χ0) is 9.84. The Morgan fingerprint density at radius 3 is 2.92 bits per heavy atom. The van der Waals surface area contributed by atoms with Gasteiger partial charge in [0.2, 0.25) is 6.20 Å². The van der Waals surface area contributed by atoms with E-state index in [1.165, 1.54) is 6.08 Å². The number of halogens is 1. The van der Waals surface area contributed by atoms with Gasteiger partial charge in [0.1, 0.15) is 0 Å². The minimum absolute atomic E-state index is 0.488. The van der Waals surface area contributed by atoms with Crippen molar-refractivity contribution in [3.8, 4) is 0 Å². The number of nitrogens with zero attached hydrogens (tertiary/aromatic N) is 2. The predicted molar refractivity (Wildman–Crippen MR) is 57.7 cm³/mol. The lowest BCUT2D eigenvalue weighted by Gasteiger charge is -1.99. The van der Waals surface area contributed by atoms with Crippen molar-refractivity contribution in [1.82, 2.24) is 4.98 Å². The largest absolute Gasteiger partial charge is 0.264 e. The maximum Gasteiger partial charge on any atom is 0.235 e. The van der Waals surface area contributed by atoms with E-state index in [1.54, 1.807) is 12.4 Å². The molecule has 0 amide bonds. The maximum atomic E-state index is 10.1. The van der Waals surface area contributed by atoms with Crippen LogP contribution in [0.2, 0.25) is 0 Å². The molecule has 0 radical (unpaired) electrons. The first-order chi connectivity index (χ1) is 6.11. The predicted octanol–water partition coefficient (Wildman–Crippen LogP) is 2.24. The summed E-state index contributed by atoms with van der Waals surface area (Å²) in [6, 6.07) is 0. The summed E-state index contributed by atoms with van der Waals surface area (Å²) in [6.45, 7) is 1.91. The summed E-state index contributed by atoms with van der Waals surface area (Å²) in [5.41, 5.74) is 1.79. The molecule has 0 aliphatic carbocycles. The second kappa shape index (κ2) is 4.31. The molecule has 1 aromatic heterocycles. The smallest absolute Gasteiger partial charge is 0.235 e. The zero-order valence-electron chi connectivity index (χ0n) is 6.90. The molecule has 13 heavy (non-hydrogen) atoms. The Bertz CT molecular complexity index is 363. The van der Waals surface area contributed by atoms with E-state index in [-0.39, 0.29) is 0 Å². The third-order valence-electron chi connectivity index (χ3n) is 1.46. The number of hydrogen-bond acceptors (Lipinski definition) is 3. The van der Waals surface area contributed by atoms with Gasteiger partial charge in [-0.05, 0) is 35.1 Å². The number of pyridine rings is 1. The minimum Gasteiger partial charge on any atom is -0.264 e. The van der Waals surface area contributed by atoms with Crippen LogP contribution in [0.5, 0.6) is 0 Å². The molecule has 0 atom stereocenters. The van der Waals surface area contributed by atoms with Gasteiger partial charge in [0.05, 0.1) is 4.92 Å². The van der Waals surface area contributed by atoms with Crippen LogP contribution in [-0.4, -0.2) is 9.91 Å². The fourth-order valence-electron chi connectivity index (χ4n) is 0.828. The first kappa shape index (κ1) is 10.1. The van der Waals surface area contributed by atoms with E-state index in [1.807, 2.05) is 6.92 Å². The first-order valence-corrected chi connectivity index (χ1v) is 4.61. The molecule has 1 rings (SSSR count). The monoisotopic (exact) mass is 290 g/mol. The minimum atomic E-state index is -0.488. The zero-order valence-corrected chi connectivity index (χ0v) is 9.06. The van der Waals surface area contributed by atoms with Gasteiger partial charge < -0.3 is 0 Å². The van der Waals surface area contributed by atoms with Crippen molar-refractivity contribution in [3.63, 3.8) is 0 Å². The molecule has 0 spiro atoms. The average molecular weight is 290 g/mol. The highest BCUT2D eigenvalue weighted by atomic mass is 127. The van der Waals surface area contributed by atoms with Crippen LogP contribution in [0.4, 0.5) is 0 Å². The molecule has 4 nitrogen and oxygen atoms in total. The van der Waals surface area contributed by atoms with Gasteiger partial charge in [-0.15, -0.1) is 0 Å². The maximum absolute atomic E-state index is 10.1.